The maximum atomic E-state index is 12.1. The predicted molar refractivity (Wildman–Crippen MR) is 68.9 cm³/mol. The zero-order valence-electron chi connectivity index (χ0n) is 10.8. The highest BCUT2D eigenvalue weighted by atomic mass is 16.5. The fourth-order valence-electron chi connectivity index (χ4n) is 2.89. The topological polar surface area (TPSA) is 46.5 Å². The van der Waals surface area contributed by atoms with E-state index >= 15 is 0 Å². The molecule has 1 atom stereocenters. The van der Waals surface area contributed by atoms with Crippen LogP contribution in [-0.4, -0.2) is 18.2 Å². The van der Waals surface area contributed by atoms with Crippen molar-refractivity contribution in [3.8, 4) is 0 Å². The summed E-state index contributed by atoms with van der Waals surface area (Å²) < 4.78 is 4.83. The van der Waals surface area contributed by atoms with E-state index in [4.69, 9.17) is 4.74 Å². The molecule has 1 aromatic carbocycles. The summed E-state index contributed by atoms with van der Waals surface area (Å²) >= 11 is 0. The molecule has 0 aromatic heterocycles. The molecule has 0 aliphatic heterocycles. The van der Waals surface area contributed by atoms with Crippen LogP contribution in [0, 0.1) is 5.92 Å². The van der Waals surface area contributed by atoms with Crippen LogP contribution in [0.1, 0.15) is 37.7 Å². The third-order valence-corrected chi connectivity index (χ3v) is 3.91. The van der Waals surface area contributed by atoms with Crippen molar-refractivity contribution in [2.45, 2.75) is 37.7 Å². The Bertz CT molecular complexity index is 395. The van der Waals surface area contributed by atoms with E-state index in [1.165, 1.54) is 13.5 Å². The number of carbonyl (C=O) groups excluding carboxylic acids is 1. The summed E-state index contributed by atoms with van der Waals surface area (Å²) in [6, 6.07) is 9.15. The van der Waals surface area contributed by atoms with Crippen molar-refractivity contribution >= 4 is 5.97 Å². The first-order valence-electron chi connectivity index (χ1n) is 6.56. The Balaban J connectivity index is 2.36. The lowest BCUT2D eigenvalue weighted by Crippen LogP contribution is -2.44. The molecule has 0 unspecified atom stereocenters. The standard InChI is InChI=1S/C15H20O3/c1-18-14(16)15(17,12-8-4-2-5-9-12)13-10-6-3-7-11-13/h2,4-5,8-9,13,17H,3,6-7,10-11H2,1H3/t15-/m0/s1. The van der Waals surface area contributed by atoms with E-state index in [9.17, 15) is 9.90 Å². The van der Waals surface area contributed by atoms with Gasteiger partial charge in [0.05, 0.1) is 7.11 Å². The van der Waals surface area contributed by atoms with Gasteiger partial charge in [-0.05, 0) is 18.4 Å². The second-order valence-corrected chi connectivity index (χ2v) is 4.96. The molecule has 2 rings (SSSR count). The van der Waals surface area contributed by atoms with Crippen molar-refractivity contribution < 1.29 is 14.6 Å². The number of hydrogen-bond acceptors (Lipinski definition) is 3. The lowest BCUT2D eigenvalue weighted by molar-refractivity contribution is -0.172. The molecule has 1 aromatic rings. The first-order chi connectivity index (χ1) is 8.69. The maximum Gasteiger partial charge on any atom is 0.342 e. The molecule has 0 radical (unpaired) electrons. The number of benzene rings is 1. The molecule has 1 aliphatic rings. The van der Waals surface area contributed by atoms with Crippen LogP contribution in [0.4, 0.5) is 0 Å². The van der Waals surface area contributed by atoms with Crippen molar-refractivity contribution in [2.75, 3.05) is 7.11 Å². The molecule has 0 amide bonds. The molecule has 98 valence electrons. The minimum Gasteiger partial charge on any atom is -0.467 e. The van der Waals surface area contributed by atoms with Crippen LogP contribution >= 0.6 is 0 Å². The Hall–Kier alpha value is -1.35. The molecule has 1 saturated carbocycles. The lowest BCUT2D eigenvalue weighted by atomic mass is 9.73. The van der Waals surface area contributed by atoms with Gasteiger partial charge in [-0.15, -0.1) is 0 Å². The molecular formula is C15H20O3. The number of rotatable bonds is 3. The Morgan fingerprint density at radius 2 is 1.83 bits per heavy atom. The fraction of sp³-hybridized carbons (Fsp3) is 0.533. The van der Waals surface area contributed by atoms with E-state index in [-0.39, 0.29) is 5.92 Å². The molecule has 18 heavy (non-hydrogen) atoms. The molecule has 0 heterocycles. The first kappa shape index (κ1) is 13.1. The fourth-order valence-corrected chi connectivity index (χ4v) is 2.89. The van der Waals surface area contributed by atoms with Crippen molar-refractivity contribution in [3.63, 3.8) is 0 Å². The molecule has 1 fully saturated rings. The van der Waals surface area contributed by atoms with E-state index in [2.05, 4.69) is 0 Å². The van der Waals surface area contributed by atoms with Crippen LogP contribution in [0.5, 0.6) is 0 Å². The lowest BCUT2D eigenvalue weighted by Gasteiger charge is -2.36. The molecule has 0 bridgehead atoms. The number of ether oxygens (including phenoxy) is 1. The van der Waals surface area contributed by atoms with Gasteiger partial charge in [0.2, 0.25) is 0 Å². The van der Waals surface area contributed by atoms with E-state index in [1.807, 2.05) is 18.2 Å². The van der Waals surface area contributed by atoms with E-state index in [0.717, 1.165) is 25.7 Å². The van der Waals surface area contributed by atoms with Crippen molar-refractivity contribution in [1.82, 2.24) is 0 Å². The van der Waals surface area contributed by atoms with Crippen LogP contribution in [0.3, 0.4) is 0 Å². The van der Waals surface area contributed by atoms with Crippen molar-refractivity contribution in [1.29, 1.82) is 0 Å². The van der Waals surface area contributed by atoms with Gasteiger partial charge in [0.15, 0.2) is 5.60 Å². The van der Waals surface area contributed by atoms with Crippen LogP contribution in [0.15, 0.2) is 30.3 Å². The van der Waals surface area contributed by atoms with E-state index in [0.29, 0.717) is 5.56 Å². The Kier molecular flexibility index (Phi) is 4.02. The van der Waals surface area contributed by atoms with Crippen molar-refractivity contribution in [2.24, 2.45) is 5.92 Å². The van der Waals surface area contributed by atoms with E-state index in [1.54, 1.807) is 12.1 Å². The summed E-state index contributed by atoms with van der Waals surface area (Å²) in [5, 5.41) is 10.9. The Labute approximate surface area is 108 Å². The summed E-state index contributed by atoms with van der Waals surface area (Å²) in [6.45, 7) is 0. The van der Waals surface area contributed by atoms with Gasteiger partial charge in [-0.2, -0.15) is 0 Å². The zero-order chi connectivity index (χ0) is 13.0. The van der Waals surface area contributed by atoms with Gasteiger partial charge >= 0.3 is 5.97 Å². The third-order valence-electron chi connectivity index (χ3n) is 3.91. The minimum absolute atomic E-state index is 0.0406. The summed E-state index contributed by atoms with van der Waals surface area (Å²) in [5.74, 6) is -0.582. The number of methoxy groups -OCH3 is 1. The first-order valence-corrected chi connectivity index (χ1v) is 6.56. The summed E-state index contributed by atoms with van der Waals surface area (Å²) in [6.07, 6.45) is 5.07. The maximum absolute atomic E-state index is 12.1. The van der Waals surface area contributed by atoms with Crippen LogP contribution in [-0.2, 0) is 15.1 Å². The Morgan fingerprint density at radius 1 is 1.22 bits per heavy atom. The molecule has 3 nitrogen and oxygen atoms in total. The van der Waals surface area contributed by atoms with Crippen LogP contribution < -0.4 is 0 Å². The molecule has 3 heteroatoms. The van der Waals surface area contributed by atoms with E-state index < -0.39 is 11.6 Å². The molecule has 1 N–H and O–H groups in total. The number of carbonyl (C=O) groups is 1. The van der Waals surface area contributed by atoms with Gasteiger partial charge in [-0.1, -0.05) is 49.6 Å². The average molecular weight is 248 g/mol. The summed E-state index contributed by atoms with van der Waals surface area (Å²) in [7, 11) is 1.33. The molecular weight excluding hydrogens is 228 g/mol. The second kappa shape index (κ2) is 5.53. The second-order valence-electron chi connectivity index (χ2n) is 4.96. The largest absolute Gasteiger partial charge is 0.467 e. The number of aliphatic hydroxyl groups is 1. The number of hydrogen-bond donors (Lipinski definition) is 1. The quantitative estimate of drug-likeness (QED) is 0.836. The third kappa shape index (κ3) is 2.27. The van der Waals surface area contributed by atoms with Crippen molar-refractivity contribution in [3.05, 3.63) is 35.9 Å². The SMILES string of the molecule is COC(=O)[C@](O)(c1ccccc1)C1CCCCC1. The summed E-state index contributed by atoms with van der Waals surface area (Å²) in [5.41, 5.74) is -0.847. The highest BCUT2D eigenvalue weighted by Crippen LogP contribution is 2.40. The summed E-state index contributed by atoms with van der Waals surface area (Å²) in [4.78, 5) is 12.1. The smallest absolute Gasteiger partial charge is 0.342 e. The predicted octanol–water partition coefficient (Wildman–Crippen LogP) is 2.63. The van der Waals surface area contributed by atoms with Gasteiger partial charge < -0.3 is 9.84 Å². The monoisotopic (exact) mass is 248 g/mol. The van der Waals surface area contributed by atoms with Gasteiger partial charge in [-0.3, -0.25) is 0 Å². The van der Waals surface area contributed by atoms with Gasteiger partial charge in [0.25, 0.3) is 0 Å². The number of esters is 1. The zero-order valence-corrected chi connectivity index (χ0v) is 10.8. The highest BCUT2D eigenvalue weighted by Gasteiger charge is 2.46. The average Bonchev–Trinajstić information content (AvgIpc) is 2.47. The minimum atomic E-state index is -1.49. The molecule has 1 aliphatic carbocycles. The van der Waals surface area contributed by atoms with Gasteiger partial charge in [-0.25, -0.2) is 4.79 Å². The molecule has 0 saturated heterocycles. The van der Waals surface area contributed by atoms with Gasteiger partial charge in [0.1, 0.15) is 0 Å². The normalized spacial score (nSPS) is 20.1. The van der Waals surface area contributed by atoms with Crippen LogP contribution in [0.25, 0.3) is 0 Å². The van der Waals surface area contributed by atoms with Gasteiger partial charge in [0, 0.05) is 5.92 Å². The Morgan fingerprint density at radius 3 is 2.39 bits per heavy atom. The van der Waals surface area contributed by atoms with Crippen LogP contribution in [0.2, 0.25) is 0 Å². The highest BCUT2D eigenvalue weighted by molar-refractivity contribution is 5.81. The molecule has 0 spiro atoms.